The van der Waals surface area contributed by atoms with Crippen molar-refractivity contribution in [2.24, 2.45) is 11.3 Å². The Kier molecular flexibility index (Phi) is 7.64. The highest BCUT2D eigenvalue weighted by Gasteiger charge is 2.41. The smallest absolute Gasteiger partial charge is 0.407 e. The highest BCUT2D eigenvalue weighted by atomic mass is 35.5. The van der Waals surface area contributed by atoms with Gasteiger partial charge in [-0.3, -0.25) is 9.59 Å². The van der Waals surface area contributed by atoms with Gasteiger partial charge in [0.2, 0.25) is 0 Å². The van der Waals surface area contributed by atoms with Gasteiger partial charge >= 0.3 is 6.09 Å². The van der Waals surface area contributed by atoms with Crippen molar-refractivity contribution in [3.8, 4) is 0 Å². The van der Waals surface area contributed by atoms with E-state index in [0.717, 1.165) is 19.3 Å². The fourth-order valence-corrected chi connectivity index (χ4v) is 6.24. The Hall–Kier alpha value is -2.62. The molecule has 8 nitrogen and oxygen atoms in total. The van der Waals surface area contributed by atoms with E-state index >= 15 is 0 Å². The fraction of sp³-hybridized carbons (Fsp3) is 0.500. The lowest BCUT2D eigenvalue weighted by atomic mass is 9.76. The molecule has 194 valence electrons. The number of hydrogen-bond donors (Lipinski definition) is 2. The van der Waals surface area contributed by atoms with Crippen LogP contribution in [0.15, 0.2) is 30.3 Å². The number of nitrogens with zero attached hydrogens (tertiary/aromatic N) is 2. The van der Waals surface area contributed by atoms with Crippen molar-refractivity contribution >= 4 is 46.5 Å². The summed E-state index contributed by atoms with van der Waals surface area (Å²) in [4.78, 5) is 41.6. The third kappa shape index (κ3) is 5.23. The second-order valence-corrected chi connectivity index (χ2v) is 12.2. The molecule has 1 aromatic heterocycles. The van der Waals surface area contributed by atoms with E-state index in [1.165, 1.54) is 11.3 Å². The molecule has 3 unspecified atom stereocenters. The highest BCUT2D eigenvalue weighted by Crippen LogP contribution is 2.41. The summed E-state index contributed by atoms with van der Waals surface area (Å²) in [5.41, 5.74) is 1.52. The van der Waals surface area contributed by atoms with E-state index in [9.17, 15) is 19.5 Å². The second kappa shape index (κ2) is 10.4. The lowest BCUT2D eigenvalue weighted by molar-refractivity contribution is -0.0173. The average Bonchev–Trinajstić information content (AvgIpc) is 3.38. The summed E-state index contributed by atoms with van der Waals surface area (Å²) in [5.74, 6) is -0.136. The molecule has 1 fully saturated rings. The third-order valence-electron chi connectivity index (χ3n) is 7.13. The van der Waals surface area contributed by atoms with Crippen LogP contribution in [-0.4, -0.2) is 59.1 Å². The van der Waals surface area contributed by atoms with Crippen LogP contribution < -0.4 is 5.32 Å². The molecule has 3 atom stereocenters. The van der Waals surface area contributed by atoms with Gasteiger partial charge in [0.1, 0.15) is 0 Å². The third-order valence-corrected chi connectivity index (χ3v) is 8.36. The minimum atomic E-state index is -0.877. The molecule has 2 aliphatic rings. The van der Waals surface area contributed by atoms with E-state index in [2.05, 4.69) is 26.1 Å². The molecule has 10 heteroatoms. The number of thiophene rings is 1. The number of amides is 3. The van der Waals surface area contributed by atoms with Crippen molar-refractivity contribution in [1.82, 2.24) is 9.80 Å². The highest BCUT2D eigenvalue weighted by molar-refractivity contribution is 7.18. The van der Waals surface area contributed by atoms with Crippen LogP contribution in [0.5, 0.6) is 0 Å². The van der Waals surface area contributed by atoms with Crippen molar-refractivity contribution in [1.29, 1.82) is 0 Å². The van der Waals surface area contributed by atoms with E-state index in [4.69, 9.17) is 16.3 Å². The van der Waals surface area contributed by atoms with Crippen LogP contribution in [0.2, 0.25) is 4.34 Å². The summed E-state index contributed by atoms with van der Waals surface area (Å²) in [6.45, 7) is 7.17. The summed E-state index contributed by atoms with van der Waals surface area (Å²) in [7, 11) is 1.55. The Balaban J connectivity index is 1.49. The van der Waals surface area contributed by atoms with Gasteiger partial charge in [-0.15, -0.1) is 11.3 Å². The second-order valence-electron chi connectivity index (χ2n) is 10.4. The van der Waals surface area contributed by atoms with Crippen LogP contribution in [0.25, 0.3) is 0 Å². The van der Waals surface area contributed by atoms with Gasteiger partial charge in [0.25, 0.3) is 11.8 Å². The molecule has 3 amide bonds. The number of piperidine rings is 1. The molecule has 1 saturated heterocycles. The molecule has 0 spiro atoms. The first-order chi connectivity index (χ1) is 17.0. The number of nitrogens with one attached hydrogen (secondary N) is 1. The number of carbonyl (C=O) groups excluding carboxylic acids is 2. The molecule has 36 heavy (non-hydrogen) atoms. The first kappa shape index (κ1) is 26.4. The van der Waals surface area contributed by atoms with Crippen LogP contribution in [0, 0.1) is 11.3 Å². The number of halogens is 1. The molecular weight excluding hydrogens is 502 g/mol. The summed E-state index contributed by atoms with van der Waals surface area (Å²) in [6.07, 6.45) is 0.768. The van der Waals surface area contributed by atoms with Crippen molar-refractivity contribution in [3.05, 3.63) is 50.7 Å². The van der Waals surface area contributed by atoms with Gasteiger partial charge in [0.15, 0.2) is 6.23 Å². The lowest BCUT2D eigenvalue weighted by Gasteiger charge is -2.45. The van der Waals surface area contributed by atoms with Crippen LogP contribution in [0.3, 0.4) is 0 Å². The standard InChI is InChI=1S/C26H32ClN3O5S/c1-26(2,3)19-14-15(10-12-29(19)25(33)34)11-13-30-23(32)16-6-5-7-17(21(16)24(30)35-4)28-22(31)18-8-9-20(27)36-18/h5-9,15,19,24H,10-14H2,1-4H3,(H,28,31)(H,33,34). The summed E-state index contributed by atoms with van der Waals surface area (Å²) < 4.78 is 6.29. The van der Waals surface area contributed by atoms with Gasteiger partial charge < -0.3 is 25.0 Å². The number of carboxylic acid groups (broad SMARTS) is 1. The quantitative estimate of drug-likeness (QED) is 0.478. The van der Waals surface area contributed by atoms with Gasteiger partial charge in [-0.1, -0.05) is 38.4 Å². The van der Waals surface area contributed by atoms with Crippen molar-refractivity contribution < 1.29 is 24.2 Å². The summed E-state index contributed by atoms with van der Waals surface area (Å²) >= 11 is 7.16. The molecule has 0 bridgehead atoms. The number of carbonyl (C=O) groups is 3. The zero-order chi connectivity index (χ0) is 26.2. The van der Waals surface area contributed by atoms with Gasteiger partial charge in [0.05, 0.1) is 9.21 Å². The molecule has 2 aromatic rings. The zero-order valence-corrected chi connectivity index (χ0v) is 22.5. The van der Waals surface area contributed by atoms with Gasteiger partial charge in [-0.2, -0.15) is 0 Å². The minimum Gasteiger partial charge on any atom is -0.465 e. The zero-order valence-electron chi connectivity index (χ0n) is 20.9. The van der Waals surface area contributed by atoms with Crippen LogP contribution in [0.4, 0.5) is 10.5 Å². The van der Waals surface area contributed by atoms with E-state index in [1.54, 1.807) is 47.2 Å². The molecule has 0 radical (unpaired) electrons. The Morgan fingerprint density at radius 1 is 1.25 bits per heavy atom. The Morgan fingerprint density at radius 3 is 2.61 bits per heavy atom. The van der Waals surface area contributed by atoms with Crippen molar-refractivity contribution in [2.75, 3.05) is 25.5 Å². The number of fused-ring (bicyclic) bond motifs is 1. The normalized spacial score (nSPS) is 22.0. The minimum absolute atomic E-state index is 0.0778. The molecule has 2 N–H and O–H groups in total. The summed E-state index contributed by atoms with van der Waals surface area (Å²) in [5, 5.41) is 12.6. The molecular formula is C26H32ClN3O5S. The van der Waals surface area contributed by atoms with Crippen molar-refractivity contribution in [3.63, 3.8) is 0 Å². The number of hydrogen-bond acceptors (Lipinski definition) is 5. The van der Waals surface area contributed by atoms with E-state index in [0.29, 0.717) is 45.0 Å². The summed E-state index contributed by atoms with van der Waals surface area (Å²) in [6, 6.07) is 8.53. The number of rotatable bonds is 6. The van der Waals surface area contributed by atoms with Crippen molar-refractivity contribution in [2.45, 2.75) is 52.3 Å². The molecule has 0 saturated carbocycles. The number of methoxy groups -OCH3 is 1. The topological polar surface area (TPSA) is 99.2 Å². The van der Waals surface area contributed by atoms with E-state index in [-0.39, 0.29) is 23.3 Å². The monoisotopic (exact) mass is 533 g/mol. The maximum atomic E-state index is 13.3. The predicted octanol–water partition coefficient (Wildman–Crippen LogP) is 5.95. The van der Waals surface area contributed by atoms with Gasteiger partial charge in [-0.05, 0) is 54.9 Å². The van der Waals surface area contributed by atoms with Gasteiger partial charge in [0, 0.05) is 43.1 Å². The maximum Gasteiger partial charge on any atom is 0.407 e. The largest absolute Gasteiger partial charge is 0.465 e. The SMILES string of the molecule is COC1c2c(NC(=O)c3ccc(Cl)s3)cccc2C(=O)N1CCC1CCN(C(=O)O)C(C(C)(C)C)C1. The van der Waals surface area contributed by atoms with Crippen LogP contribution >= 0.6 is 22.9 Å². The first-order valence-electron chi connectivity index (χ1n) is 12.0. The van der Waals surface area contributed by atoms with Crippen LogP contribution in [0.1, 0.15) is 71.9 Å². The Bertz CT molecular complexity index is 1160. The van der Waals surface area contributed by atoms with Gasteiger partial charge in [-0.25, -0.2) is 4.79 Å². The Morgan fingerprint density at radius 2 is 2.00 bits per heavy atom. The maximum absolute atomic E-state index is 13.3. The fourth-order valence-electron chi connectivity index (χ4n) is 5.30. The number of ether oxygens (including phenoxy) is 1. The number of anilines is 1. The Labute approximate surface area is 220 Å². The van der Waals surface area contributed by atoms with E-state index < -0.39 is 12.3 Å². The average molecular weight is 534 g/mol. The molecule has 3 heterocycles. The number of benzene rings is 1. The molecule has 0 aliphatic carbocycles. The lowest BCUT2D eigenvalue weighted by Crippen LogP contribution is -2.51. The molecule has 2 aliphatic heterocycles. The number of likely N-dealkylation sites (tertiary alicyclic amines) is 1. The predicted molar refractivity (Wildman–Crippen MR) is 140 cm³/mol. The first-order valence-corrected chi connectivity index (χ1v) is 13.2. The van der Waals surface area contributed by atoms with E-state index in [1.807, 2.05) is 0 Å². The molecule has 4 rings (SSSR count). The van der Waals surface area contributed by atoms with Crippen LogP contribution in [-0.2, 0) is 4.74 Å². The molecule has 1 aromatic carbocycles.